The summed E-state index contributed by atoms with van der Waals surface area (Å²) in [5.41, 5.74) is 4.61. The molecule has 4 nitrogen and oxygen atoms in total. The maximum absolute atomic E-state index is 11.7. The number of pyridine rings is 1. The number of ketones is 1. The summed E-state index contributed by atoms with van der Waals surface area (Å²) in [4.78, 5) is 16.7. The second-order valence-corrected chi connectivity index (χ2v) is 21.0. The zero-order valence-corrected chi connectivity index (χ0v) is 39.0. The SMILES string of the molecule is CC(C)(C)c1cc(-c2nccc3cc([Si](c4ccccc4)(c4ccccc4)C4CCCCC4)oc23)[c-]c2ccccc12.CCC(CC)C(=O)/C=C(\O)C(CC)CC.[Ir]. The predicted molar refractivity (Wildman–Crippen MR) is 243 cm³/mol. The number of benzene rings is 4. The summed E-state index contributed by atoms with van der Waals surface area (Å²) in [6, 6.07) is 41.6. The van der Waals surface area contributed by atoms with Crippen LogP contribution in [0.5, 0.6) is 0 Å². The summed E-state index contributed by atoms with van der Waals surface area (Å²) in [6.45, 7) is 14.9. The molecule has 1 saturated carbocycles. The van der Waals surface area contributed by atoms with Crippen LogP contribution in [0.2, 0.25) is 5.54 Å². The normalized spacial score (nSPS) is 14.1. The van der Waals surface area contributed by atoms with E-state index in [1.54, 1.807) is 0 Å². The number of carbonyl (C=O) groups excluding carboxylic acids is 1. The maximum atomic E-state index is 11.7. The van der Waals surface area contributed by atoms with Crippen LogP contribution in [0, 0.1) is 17.9 Å². The van der Waals surface area contributed by atoms with Crippen molar-refractivity contribution in [3.05, 3.63) is 133 Å². The molecule has 4 aromatic carbocycles. The van der Waals surface area contributed by atoms with Gasteiger partial charge in [0.15, 0.2) is 13.9 Å². The molecule has 0 unspecified atom stereocenters. The standard InChI is InChI=1S/C39H38NOSi.C13H24O2.Ir/c1-39(2,3)35-26-30(25-28-15-13-14-22-34(28)35)37-38-29(23-24-40-37)27-36(41-38)42(31-16-7-4-8-17-31,32-18-9-5-10-19-32)33-20-11-6-12-21-33;1-5-10(6-2)12(14)9-13(15)11(7-3)8-4;/h4-5,7-10,13-19,22-24,26-27,33H,6,11-12,20-21H2,1-3H3;9-11,14H,5-8H2,1-4H3;/q-1;;/b;12-9-;. The Morgan fingerprint density at radius 3 is 1.95 bits per heavy atom. The molecule has 0 amide bonds. The number of aliphatic hydroxyl groups is 1. The zero-order valence-electron chi connectivity index (χ0n) is 35.6. The van der Waals surface area contributed by atoms with Crippen molar-refractivity contribution in [2.45, 2.75) is 117 Å². The monoisotopic (exact) mass is 969 g/mol. The number of aliphatic hydroxyl groups excluding tert-OH is 1. The number of fused-ring (bicyclic) bond motifs is 2. The van der Waals surface area contributed by atoms with Crippen molar-refractivity contribution in [2.24, 2.45) is 11.8 Å². The molecule has 0 saturated heterocycles. The van der Waals surface area contributed by atoms with Crippen molar-refractivity contribution in [3.63, 3.8) is 0 Å². The molecular formula is C52H62IrNO3Si-. The number of allylic oxidation sites excluding steroid dienone is 2. The van der Waals surface area contributed by atoms with Crippen molar-refractivity contribution in [3.8, 4) is 11.3 Å². The number of carbonyl (C=O) groups is 1. The Morgan fingerprint density at radius 1 is 0.810 bits per heavy atom. The largest absolute Gasteiger partial charge is 0.512 e. The van der Waals surface area contributed by atoms with Crippen LogP contribution in [0.15, 0.2) is 126 Å². The first-order valence-corrected chi connectivity index (χ1v) is 23.5. The first-order valence-electron chi connectivity index (χ1n) is 21.5. The minimum atomic E-state index is -2.52. The van der Waals surface area contributed by atoms with Gasteiger partial charge in [-0.1, -0.05) is 170 Å². The van der Waals surface area contributed by atoms with E-state index in [0.717, 1.165) is 58.7 Å². The van der Waals surface area contributed by atoms with E-state index in [4.69, 9.17) is 9.40 Å². The molecule has 7 rings (SSSR count). The van der Waals surface area contributed by atoms with Crippen LogP contribution in [0.3, 0.4) is 0 Å². The van der Waals surface area contributed by atoms with Crippen molar-refractivity contribution in [1.29, 1.82) is 0 Å². The summed E-state index contributed by atoms with van der Waals surface area (Å²) in [7, 11) is -2.52. The average Bonchev–Trinajstić information content (AvgIpc) is 3.67. The summed E-state index contributed by atoms with van der Waals surface area (Å²) < 4.78 is 7.20. The third kappa shape index (κ3) is 9.51. The molecule has 6 aromatic rings. The quantitative estimate of drug-likeness (QED) is 0.0574. The van der Waals surface area contributed by atoms with E-state index in [2.05, 4.69) is 130 Å². The number of nitrogens with zero attached hydrogens (tertiary/aromatic N) is 1. The van der Waals surface area contributed by atoms with Crippen LogP contribution in [0.25, 0.3) is 33.0 Å². The van der Waals surface area contributed by atoms with E-state index in [-0.39, 0.29) is 48.9 Å². The molecule has 1 aliphatic carbocycles. The van der Waals surface area contributed by atoms with E-state index in [9.17, 15) is 9.90 Å². The molecule has 0 aliphatic heterocycles. The molecule has 1 N–H and O–H groups in total. The molecule has 307 valence electrons. The molecule has 0 spiro atoms. The van der Waals surface area contributed by atoms with Gasteiger partial charge in [0.1, 0.15) is 5.58 Å². The van der Waals surface area contributed by atoms with Crippen LogP contribution in [0.4, 0.5) is 0 Å². The van der Waals surface area contributed by atoms with Crippen LogP contribution in [-0.4, -0.2) is 23.9 Å². The van der Waals surface area contributed by atoms with Crippen molar-refractivity contribution in [2.75, 3.05) is 0 Å². The van der Waals surface area contributed by atoms with Gasteiger partial charge < -0.3 is 9.52 Å². The van der Waals surface area contributed by atoms with Gasteiger partial charge in [-0.05, 0) is 59.1 Å². The molecule has 1 fully saturated rings. The number of rotatable bonds is 12. The number of aromatic nitrogens is 1. The number of hydrogen-bond donors (Lipinski definition) is 1. The maximum Gasteiger partial charge on any atom is 0.196 e. The Balaban J connectivity index is 0.000000344. The molecule has 6 heteroatoms. The van der Waals surface area contributed by atoms with Crippen LogP contribution in [0.1, 0.15) is 112 Å². The van der Waals surface area contributed by atoms with Gasteiger partial charge in [0.05, 0.1) is 11.1 Å². The van der Waals surface area contributed by atoms with Gasteiger partial charge in [-0.3, -0.25) is 9.78 Å². The molecule has 0 bridgehead atoms. The van der Waals surface area contributed by atoms with E-state index < -0.39 is 8.07 Å². The van der Waals surface area contributed by atoms with Crippen molar-refractivity contribution < 1.29 is 34.4 Å². The van der Waals surface area contributed by atoms with Crippen LogP contribution in [-0.2, 0) is 30.3 Å². The second kappa shape index (κ2) is 20.2. The van der Waals surface area contributed by atoms with Crippen molar-refractivity contribution in [1.82, 2.24) is 4.98 Å². The Labute approximate surface area is 361 Å². The first kappa shape index (κ1) is 45.0. The fourth-order valence-electron chi connectivity index (χ4n) is 9.17. The number of furan rings is 1. The molecular weight excluding hydrogens is 907 g/mol. The van der Waals surface area contributed by atoms with Crippen LogP contribution >= 0.6 is 0 Å². The van der Waals surface area contributed by atoms with Crippen molar-refractivity contribution >= 4 is 51.4 Å². The summed E-state index contributed by atoms with van der Waals surface area (Å²) in [5.74, 6) is 0.547. The third-order valence-corrected chi connectivity index (χ3v) is 17.7. The van der Waals surface area contributed by atoms with Gasteiger partial charge in [0.25, 0.3) is 0 Å². The first-order chi connectivity index (χ1) is 27.6. The molecule has 0 atom stereocenters. The second-order valence-electron chi connectivity index (χ2n) is 17.0. The van der Waals surface area contributed by atoms with E-state index in [0.29, 0.717) is 5.54 Å². The van der Waals surface area contributed by atoms with Crippen LogP contribution < -0.4 is 15.8 Å². The van der Waals surface area contributed by atoms with E-state index in [1.807, 2.05) is 33.9 Å². The molecule has 1 aliphatic rings. The van der Waals surface area contributed by atoms with Gasteiger partial charge in [0, 0.05) is 55.3 Å². The predicted octanol–water partition coefficient (Wildman–Crippen LogP) is 12.4. The zero-order chi connectivity index (χ0) is 40.6. The Bertz CT molecular complexity index is 2220. The smallest absolute Gasteiger partial charge is 0.196 e. The van der Waals surface area contributed by atoms with Gasteiger partial charge in [-0.25, -0.2) is 0 Å². The van der Waals surface area contributed by atoms with E-state index in [1.165, 1.54) is 59.5 Å². The fourth-order valence-corrected chi connectivity index (χ4v) is 14.8. The van der Waals surface area contributed by atoms with E-state index >= 15 is 0 Å². The molecule has 2 aromatic heterocycles. The van der Waals surface area contributed by atoms with Gasteiger partial charge in [-0.2, -0.15) is 0 Å². The molecule has 2 heterocycles. The Hall–Kier alpha value is -4.09. The Morgan fingerprint density at radius 2 is 1.38 bits per heavy atom. The van der Waals surface area contributed by atoms with Gasteiger partial charge >= 0.3 is 0 Å². The van der Waals surface area contributed by atoms with Gasteiger partial charge in [-0.15, -0.1) is 29.1 Å². The summed E-state index contributed by atoms with van der Waals surface area (Å²) in [5, 5.41) is 17.3. The minimum absolute atomic E-state index is 0. The topological polar surface area (TPSA) is 63.3 Å². The summed E-state index contributed by atoms with van der Waals surface area (Å²) >= 11 is 0. The number of hydrogen-bond acceptors (Lipinski definition) is 4. The summed E-state index contributed by atoms with van der Waals surface area (Å²) in [6.07, 6.45) is 13.2. The minimum Gasteiger partial charge on any atom is -0.512 e. The van der Waals surface area contributed by atoms with Gasteiger partial charge in [0.2, 0.25) is 0 Å². The Kier molecular flexibility index (Phi) is 15.7. The molecule has 58 heavy (non-hydrogen) atoms. The average molecular weight is 969 g/mol. The third-order valence-electron chi connectivity index (χ3n) is 12.4. The fraction of sp³-hybridized carbons (Fsp3) is 0.385. The molecule has 1 radical (unpaired) electrons.